The minimum atomic E-state index is -0.496. The molecule has 1 fully saturated rings. The van der Waals surface area contributed by atoms with Gasteiger partial charge < -0.3 is 24.5 Å². The predicted molar refractivity (Wildman–Crippen MR) is 116 cm³/mol. The van der Waals surface area contributed by atoms with Crippen LogP contribution in [0.2, 0.25) is 0 Å². The second kappa shape index (κ2) is 9.33. The smallest absolute Gasteiger partial charge is 0.128 e. The van der Waals surface area contributed by atoms with Crippen LogP contribution in [0.25, 0.3) is 10.9 Å². The largest absolute Gasteiger partial charge is 0.493 e. The van der Waals surface area contributed by atoms with Crippen LogP contribution in [0.4, 0.5) is 0 Å². The average molecular weight is 395 g/mol. The van der Waals surface area contributed by atoms with E-state index in [1.54, 1.807) is 0 Å². The van der Waals surface area contributed by atoms with Gasteiger partial charge in [-0.3, -0.25) is 0 Å². The Morgan fingerprint density at radius 1 is 1.03 bits per heavy atom. The Kier molecular flexibility index (Phi) is 6.37. The highest BCUT2D eigenvalue weighted by molar-refractivity contribution is 5.85. The Morgan fingerprint density at radius 3 is 2.66 bits per heavy atom. The summed E-state index contributed by atoms with van der Waals surface area (Å²) in [5.41, 5.74) is 2.23. The number of para-hydroxylation sites is 1. The molecule has 0 spiro atoms. The lowest BCUT2D eigenvalue weighted by atomic mass is 9.97. The van der Waals surface area contributed by atoms with E-state index < -0.39 is 6.10 Å². The second-order valence-corrected chi connectivity index (χ2v) is 7.98. The highest BCUT2D eigenvalue weighted by Gasteiger charge is 2.22. The number of benzene rings is 2. The molecule has 154 valence electrons. The number of nitrogens with zero attached hydrogens (tertiary/aromatic N) is 1. The Labute approximate surface area is 172 Å². The number of piperidine rings is 1. The summed E-state index contributed by atoms with van der Waals surface area (Å²) >= 11 is 0. The maximum Gasteiger partial charge on any atom is 0.128 e. The van der Waals surface area contributed by atoms with Gasteiger partial charge in [0.15, 0.2) is 0 Å². The summed E-state index contributed by atoms with van der Waals surface area (Å²) < 4.78 is 11.9. The van der Waals surface area contributed by atoms with E-state index in [2.05, 4.69) is 22.9 Å². The molecule has 2 N–H and O–H groups in total. The number of rotatable bonds is 8. The number of nitrogens with one attached hydrogen (secondary N) is 1. The SMILES string of the molecule is Cc1ccccc1OCC1CCN(CC(O)COc2cccc3[nH]ccc23)CC1. The van der Waals surface area contributed by atoms with Crippen molar-refractivity contribution in [1.82, 2.24) is 9.88 Å². The Morgan fingerprint density at radius 2 is 1.83 bits per heavy atom. The van der Waals surface area contributed by atoms with Gasteiger partial charge in [0.1, 0.15) is 24.2 Å². The Balaban J connectivity index is 1.18. The molecule has 1 aliphatic heterocycles. The van der Waals surface area contributed by atoms with Crippen LogP contribution in [0, 0.1) is 12.8 Å². The third kappa shape index (κ3) is 5.11. The van der Waals surface area contributed by atoms with E-state index in [1.165, 1.54) is 5.56 Å². The fraction of sp³-hybridized carbons (Fsp3) is 0.417. The van der Waals surface area contributed by atoms with Crippen LogP contribution in [-0.2, 0) is 0 Å². The molecule has 5 nitrogen and oxygen atoms in total. The predicted octanol–water partition coefficient (Wildman–Crippen LogP) is 4.01. The van der Waals surface area contributed by atoms with Gasteiger partial charge in [0.2, 0.25) is 0 Å². The lowest BCUT2D eigenvalue weighted by Gasteiger charge is -2.33. The zero-order chi connectivity index (χ0) is 20.1. The number of fused-ring (bicyclic) bond motifs is 1. The van der Waals surface area contributed by atoms with Gasteiger partial charge in [0, 0.05) is 23.6 Å². The van der Waals surface area contributed by atoms with Gasteiger partial charge in [-0.1, -0.05) is 24.3 Å². The van der Waals surface area contributed by atoms with Crippen molar-refractivity contribution in [3.8, 4) is 11.5 Å². The molecule has 5 heteroatoms. The molecule has 1 saturated heterocycles. The van der Waals surface area contributed by atoms with E-state index >= 15 is 0 Å². The lowest BCUT2D eigenvalue weighted by molar-refractivity contribution is 0.0507. The van der Waals surface area contributed by atoms with Crippen molar-refractivity contribution in [2.24, 2.45) is 5.92 Å². The van der Waals surface area contributed by atoms with Gasteiger partial charge in [0.25, 0.3) is 0 Å². The average Bonchev–Trinajstić information content (AvgIpc) is 3.22. The van der Waals surface area contributed by atoms with Gasteiger partial charge in [-0.2, -0.15) is 0 Å². The van der Waals surface area contributed by atoms with Gasteiger partial charge in [-0.25, -0.2) is 0 Å². The molecule has 29 heavy (non-hydrogen) atoms. The third-order valence-electron chi connectivity index (χ3n) is 5.73. The molecule has 1 unspecified atom stereocenters. The van der Waals surface area contributed by atoms with Crippen LogP contribution in [0.5, 0.6) is 11.5 Å². The quantitative estimate of drug-likeness (QED) is 0.606. The van der Waals surface area contributed by atoms with Crippen molar-refractivity contribution < 1.29 is 14.6 Å². The summed E-state index contributed by atoms with van der Waals surface area (Å²) in [6.07, 6.45) is 3.61. The highest BCUT2D eigenvalue weighted by atomic mass is 16.5. The molecule has 2 aromatic carbocycles. The first-order valence-corrected chi connectivity index (χ1v) is 10.5. The normalized spacial score (nSPS) is 16.8. The molecule has 1 aromatic heterocycles. The first kappa shape index (κ1) is 19.8. The number of H-pyrrole nitrogens is 1. The summed E-state index contributed by atoms with van der Waals surface area (Å²) in [5, 5.41) is 11.5. The van der Waals surface area contributed by atoms with Crippen LogP contribution in [0.1, 0.15) is 18.4 Å². The van der Waals surface area contributed by atoms with E-state index in [4.69, 9.17) is 9.47 Å². The van der Waals surface area contributed by atoms with Crippen molar-refractivity contribution in [3.05, 3.63) is 60.3 Å². The molecular formula is C24H30N2O3. The van der Waals surface area contributed by atoms with Gasteiger partial charge in [-0.15, -0.1) is 0 Å². The number of aliphatic hydroxyl groups excluding tert-OH is 1. The molecule has 0 amide bonds. The number of aromatic nitrogens is 1. The molecule has 3 aromatic rings. The number of hydrogen-bond donors (Lipinski definition) is 2. The summed E-state index contributed by atoms with van der Waals surface area (Å²) in [5.74, 6) is 2.38. The van der Waals surface area contributed by atoms with E-state index in [0.29, 0.717) is 19.1 Å². The zero-order valence-electron chi connectivity index (χ0n) is 17.0. The fourth-order valence-corrected chi connectivity index (χ4v) is 3.98. The number of ether oxygens (including phenoxy) is 2. The number of β-amino-alcohol motifs (C(OH)–C–C–N with tert-alkyl or cyclic N) is 1. The molecule has 0 saturated carbocycles. The van der Waals surface area contributed by atoms with E-state index in [0.717, 1.165) is 54.9 Å². The second-order valence-electron chi connectivity index (χ2n) is 7.98. The first-order valence-electron chi connectivity index (χ1n) is 10.5. The molecule has 0 radical (unpaired) electrons. The topological polar surface area (TPSA) is 57.7 Å². The summed E-state index contributed by atoms with van der Waals surface area (Å²) in [6, 6.07) is 16.1. The minimum absolute atomic E-state index is 0.306. The Hall–Kier alpha value is -2.50. The highest BCUT2D eigenvalue weighted by Crippen LogP contribution is 2.25. The van der Waals surface area contributed by atoms with Crippen LogP contribution >= 0.6 is 0 Å². The maximum absolute atomic E-state index is 10.4. The van der Waals surface area contributed by atoms with Gasteiger partial charge in [-0.05, 0) is 68.6 Å². The van der Waals surface area contributed by atoms with E-state index in [9.17, 15) is 5.11 Å². The van der Waals surface area contributed by atoms with Crippen LogP contribution in [0.15, 0.2) is 54.7 Å². The van der Waals surface area contributed by atoms with Crippen molar-refractivity contribution in [1.29, 1.82) is 0 Å². The van der Waals surface area contributed by atoms with Crippen LogP contribution in [0.3, 0.4) is 0 Å². The number of aliphatic hydroxyl groups is 1. The van der Waals surface area contributed by atoms with Crippen molar-refractivity contribution in [3.63, 3.8) is 0 Å². The molecule has 4 rings (SSSR count). The van der Waals surface area contributed by atoms with Crippen molar-refractivity contribution in [2.75, 3.05) is 32.8 Å². The summed E-state index contributed by atoms with van der Waals surface area (Å²) in [4.78, 5) is 5.51. The summed E-state index contributed by atoms with van der Waals surface area (Å²) in [6.45, 7) is 5.79. The lowest BCUT2D eigenvalue weighted by Crippen LogP contribution is -2.41. The molecular weight excluding hydrogens is 364 g/mol. The first-order chi connectivity index (χ1) is 14.2. The number of aromatic amines is 1. The third-order valence-corrected chi connectivity index (χ3v) is 5.73. The van der Waals surface area contributed by atoms with Gasteiger partial charge in [0.05, 0.1) is 6.61 Å². The van der Waals surface area contributed by atoms with Crippen LogP contribution < -0.4 is 9.47 Å². The molecule has 0 bridgehead atoms. The van der Waals surface area contributed by atoms with Crippen LogP contribution in [-0.4, -0.2) is 53.9 Å². The monoisotopic (exact) mass is 394 g/mol. The van der Waals surface area contributed by atoms with E-state index in [-0.39, 0.29) is 0 Å². The standard InChI is InChI=1S/C24H30N2O3/c1-18-5-2-3-7-23(18)28-16-19-10-13-26(14-11-19)15-20(27)17-29-24-8-4-6-22-21(24)9-12-25-22/h2-9,12,19-20,25,27H,10-11,13-17H2,1H3. The Bertz CT molecular complexity index is 915. The molecule has 0 aliphatic carbocycles. The van der Waals surface area contributed by atoms with E-state index in [1.807, 2.05) is 48.7 Å². The number of likely N-dealkylation sites (tertiary alicyclic amines) is 1. The maximum atomic E-state index is 10.4. The summed E-state index contributed by atoms with van der Waals surface area (Å²) in [7, 11) is 0. The molecule has 1 atom stereocenters. The minimum Gasteiger partial charge on any atom is -0.493 e. The van der Waals surface area contributed by atoms with Gasteiger partial charge >= 0.3 is 0 Å². The van der Waals surface area contributed by atoms with Crippen molar-refractivity contribution in [2.45, 2.75) is 25.9 Å². The molecule has 2 heterocycles. The van der Waals surface area contributed by atoms with Crippen molar-refractivity contribution >= 4 is 10.9 Å². The zero-order valence-corrected chi connectivity index (χ0v) is 17.0. The number of hydrogen-bond acceptors (Lipinski definition) is 4. The fourth-order valence-electron chi connectivity index (χ4n) is 3.98. The number of aryl methyl sites for hydroxylation is 1. The molecule has 1 aliphatic rings.